The molecule has 0 unspecified atom stereocenters. The maximum atomic E-state index is 12.5. The molecule has 0 heterocycles. The highest BCUT2D eigenvalue weighted by atomic mass is 16.5. The van der Waals surface area contributed by atoms with Gasteiger partial charge in [-0.05, 0) is 68.8 Å². The lowest BCUT2D eigenvalue weighted by Gasteiger charge is -2.30. The molecule has 0 saturated carbocycles. The quantitative estimate of drug-likeness (QED) is 0.334. The predicted octanol–water partition coefficient (Wildman–Crippen LogP) is 5.60. The van der Waals surface area contributed by atoms with Crippen molar-refractivity contribution in [2.75, 3.05) is 14.2 Å². The molecule has 1 spiro atoms. The lowest BCUT2D eigenvalue weighted by Crippen LogP contribution is -2.26. The Morgan fingerprint density at radius 2 is 0.939 bits per heavy atom. The predicted molar refractivity (Wildman–Crippen MR) is 125 cm³/mol. The summed E-state index contributed by atoms with van der Waals surface area (Å²) in [6.07, 6.45) is 0. The standard InChI is InChI=1S/C29H20O4/c1-32-27(30)17-11-13-21-19-7-3-5-9-23(19)29(25(21)15-17)24-10-6-4-8-20(24)22-14-12-18(16-26(22)29)28(31)33-2/h3-16H,1-2H3. The smallest absolute Gasteiger partial charge is 0.337 e. The summed E-state index contributed by atoms with van der Waals surface area (Å²) in [5, 5.41) is 0. The van der Waals surface area contributed by atoms with Gasteiger partial charge in [-0.15, -0.1) is 0 Å². The Labute approximate surface area is 191 Å². The van der Waals surface area contributed by atoms with E-state index in [0.717, 1.165) is 44.5 Å². The van der Waals surface area contributed by atoms with Gasteiger partial charge in [0.1, 0.15) is 0 Å². The molecule has 0 fully saturated rings. The van der Waals surface area contributed by atoms with Crippen molar-refractivity contribution in [2.45, 2.75) is 5.41 Å². The maximum absolute atomic E-state index is 12.5. The number of methoxy groups -OCH3 is 2. The maximum Gasteiger partial charge on any atom is 0.337 e. The van der Waals surface area contributed by atoms with E-state index in [2.05, 4.69) is 24.3 Å². The van der Waals surface area contributed by atoms with Crippen molar-refractivity contribution >= 4 is 11.9 Å². The molecular formula is C29H20O4. The van der Waals surface area contributed by atoms with E-state index in [9.17, 15) is 9.59 Å². The molecule has 33 heavy (non-hydrogen) atoms. The van der Waals surface area contributed by atoms with Crippen molar-refractivity contribution in [2.24, 2.45) is 0 Å². The summed E-state index contributed by atoms with van der Waals surface area (Å²) in [4.78, 5) is 25.0. The van der Waals surface area contributed by atoms with Gasteiger partial charge in [0, 0.05) is 0 Å². The van der Waals surface area contributed by atoms with Gasteiger partial charge in [0.2, 0.25) is 0 Å². The lowest BCUT2D eigenvalue weighted by atomic mass is 9.70. The number of benzene rings is 4. The number of ether oxygens (including phenoxy) is 2. The summed E-state index contributed by atoms with van der Waals surface area (Å²) in [5.41, 5.74) is 9.03. The molecule has 0 amide bonds. The van der Waals surface area contributed by atoms with Crippen molar-refractivity contribution in [3.05, 3.63) is 118 Å². The van der Waals surface area contributed by atoms with E-state index in [-0.39, 0.29) is 11.9 Å². The second-order valence-corrected chi connectivity index (χ2v) is 8.35. The molecule has 2 aliphatic rings. The molecule has 0 saturated heterocycles. The Balaban J connectivity index is 1.78. The van der Waals surface area contributed by atoms with E-state index in [1.807, 2.05) is 60.7 Å². The molecule has 4 aromatic carbocycles. The zero-order chi connectivity index (χ0) is 22.7. The number of rotatable bonds is 2. The Bertz CT molecular complexity index is 1370. The highest BCUT2D eigenvalue weighted by Crippen LogP contribution is 2.62. The Hall–Kier alpha value is -4.18. The first-order valence-electron chi connectivity index (χ1n) is 10.8. The fourth-order valence-corrected chi connectivity index (χ4v) is 5.63. The van der Waals surface area contributed by atoms with Crippen molar-refractivity contribution in [3.8, 4) is 22.3 Å². The number of fused-ring (bicyclic) bond motifs is 10. The van der Waals surface area contributed by atoms with Crippen molar-refractivity contribution in [3.63, 3.8) is 0 Å². The van der Waals surface area contributed by atoms with Gasteiger partial charge in [-0.1, -0.05) is 60.7 Å². The van der Waals surface area contributed by atoms with Crippen LogP contribution in [-0.4, -0.2) is 26.2 Å². The Kier molecular flexibility index (Phi) is 4.08. The van der Waals surface area contributed by atoms with Crippen LogP contribution in [-0.2, 0) is 14.9 Å². The molecule has 0 aromatic heterocycles. The monoisotopic (exact) mass is 432 g/mol. The van der Waals surface area contributed by atoms with Gasteiger partial charge in [-0.25, -0.2) is 9.59 Å². The third-order valence-corrected chi connectivity index (χ3v) is 6.93. The number of carbonyl (C=O) groups excluding carboxylic acids is 2. The highest BCUT2D eigenvalue weighted by molar-refractivity contribution is 5.99. The molecule has 0 atom stereocenters. The van der Waals surface area contributed by atoms with E-state index in [4.69, 9.17) is 9.47 Å². The van der Waals surface area contributed by atoms with Crippen LogP contribution < -0.4 is 0 Å². The largest absolute Gasteiger partial charge is 0.465 e. The number of hydrogen-bond acceptors (Lipinski definition) is 4. The van der Waals surface area contributed by atoms with Crippen LogP contribution in [0.4, 0.5) is 0 Å². The van der Waals surface area contributed by atoms with Crippen molar-refractivity contribution < 1.29 is 19.1 Å². The number of carbonyl (C=O) groups is 2. The summed E-state index contributed by atoms with van der Waals surface area (Å²) < 4.78 is 10.1. The van der Waals surface area contributed by atoms with Gasteiger partial charge < -0.3 is 9.47 Å². The van der Waals surface area contributed by atoms with Crippen molar-refractivity contribution in [1.29, 1.82) is 0 Å². The fraction of sp³-hybridized carbons (Fsp3) is 0.103. The van der Waals surface area contributed by atoms with Crippen LogP contribution in [0.15, 0.2) is 84.9 Å². The van der Waals surface area contributed by atoms with Gasteiger partial charge in [-0.2, -0.15) is 0 Å². The van der Waals surface area contributed by atoms with Crippen molar-refractivity contribution in [1.82, 2.24) is 0 Å². The lowest BCUT2D eigenvalue weighted by molar-refractivity contribution is 0.0592. The first kappa shape index (κ1) is 19.5. The Morgan fingerprint density at radius 1 is 0.545 bits per heavy atom. The Morgan fingerprint density at radius 3 is 1.36 bits per heavy atom. The summed E-state index contributed by atoms with van der Waals surface area (Å²) >= 11 is 0. The van der Waals surface area contributed by atoms with E-state index < -0.39 is 5.41 Å². The molecule has 0 aliphatic heterocycles. The minimum absolute atomic E-state index is 0.376. The molecule has 4 aromatic rings. The van der Waals surface area contributed by atoms with Crippen LogP contribution in [0.25, 0.3) is 22.3 Å². The second kappa shape index (κ2) is 6.91. The van der Waals surface area contributed by atoms with E-state index >= 15 is 0 Å². The highest BCUT2D eigenvalue weighted by Gasteiger charge is 2.52. The molecule has 160 valence electrons. The SMILES string of the molecule is COC(=O)c1ccc2c(c1)C1(c3ccccc3-2)c2ccccc2-c2ccc(C(=O)OC)cc21. The summed E-state index contributed by atoms with van der Waals surface area (Å²) in [5.74, 6) is -0.752. The van der Waals surface area contributed by atoms with Crippen LogP contribution in [0.5, 0.6) is 0 Å². The normalized spacial score (nSPS) is 13.6. The molecule has 6 rings (SSSR count). The zero-order valence-electron chi connectivity index (χ0n) is 18.2. The van der Waals surface area contributed by atoms with Gasteiger partial charge in [0.05, 0.1) is 30.8 Å². The topological polar surface area (TPSA) is 52.6 Å². The molecule has 4 nitrogen and oxygen atoms in total. The van der Waals surface area contributed by atoms with E-state index in [0.29, 0.717) is 11.1 Å². The fourth-order valence-electron chi connectivity index (χ4n) is 5.63. The minimum atomic E-state index is -0.647. The van der Waals surface area contributed by atoms with E-state index in [1.54, 1.807) is 0 Å². The van der Waals surface area contributed by atoms with Crippen LogP contribution in [0.2, 0.25) is 0 Å². The summed E-state index contributed by atoms with van der Waals surface area (Å²) in [6.45, 7) is 0. The first-order chi connectivity index (χ1) is 16.1. The average Bonchev–Trinajstić information content (AvgIpc) is 3.34. The summed E-state index contributed by atoms with van der Waals surface area (Å²) in [7, 11) is 2.78. The third-order valence-electron chi connectivity index (χ3n) is 6.93. The van der Waals surface area contributed by atoms with Gasteiger partial charge in [0.25, 0.3) is 0 Å². The van der Waals surface area contributed by atoms with Crippen LogP contribution in [0.1, 0.15) is 43.0 Å². The molecule has 0 radical (unpaired) electrons. The molecule has 2 aliphatic carbocycles. The van der Waals surface area contributed by atoms with Gasteiger partial charge in [-0.3, -0.25) is 0 Å². The van der Waals surface area contributed by atoms with E-state index in [1.165, 1.54) is 14.2 Å². The molecule has 0 bridgehead atoms. The van der Waals surface area contributed by atoms with Gasteiger partial charge in [0.15, 0.2) is 0 Å². The van der Waals surface area contributed by atoms with Gasteiger partial charge >= 0.3 is 11.9 Å². The summed E-state index contributed by atoms with van der Waals surface area (Å²) in [6, 6.07) is 28.2. The van der Waals surface area contributed by atoms with Crippen LogP contribution >= 0.6 is 0 Å². The molecular weight excluding hydrogens is 412 g/mol. The third kappa shape index (κ3) is 2.40. The molecule has 0 N–H and O–H groups in total. The first-order valence-corrected chi connectivity index (χ1v) is 10.8. The second-order valence-electron chi connectivity index (χ2n) is 8.35. The minimum Gasteiger partial charge on any atom is -0.465 e. The number of esters is 2. The zero-order valence-corrected chi connectivity index (χ0v) is 18.2. The van der Waals surface area contributed by atoms with Crippen LogP contribution in [0.3, 0.4) is 0 Å². The molecule has 4 heteroatoms. The van der Waals surface area contributed by atoms with Crippen LogP contribution in [0, 0.1) is 0 Å². The average molecular weight is 432 g/mol. The number of hydrogen-bond donors (Lipinski definition) is 0.